The van der Waals surface area contributed by atoms with E-state index < -0.39 is 5.97 Å². The number of aryl methyl sites for hydroxylation is 1. The molecule has 1 aromatic carbocycles. The lowest BCUT2D eigenvalue weighted by molar-refractivity contribution is 0.0602. The van der Waals surface area contributed by atoms with Crippen molar-refractivity contribution in [1.29, 1.82) is 0 Å². The second-order valence-electron chi connectivity index (χ2n) is 5.87. The predicted octanol–water partition coefficient (Wildman–Crippen LogP) is 4.54. The van der Waals surface area contributed by atoms with Crippen molar-refractivity contribution in [1.82, 2.24) is 15.1 Å². The lowest BCUT2D eigenvalue weighted by atomic mass is 10.1. The number of nitrogens with one attached hydrogen (secondary N) is 2. The number of rotatable bonds is 7. The number of esters is 1. The molecule has 0 aliphatic heterocycles. The molecule has 9 heteroatoms. The number of nitrogens with zero attached hydrogens (tertiary/aromatic N) is 2. The van der Waals surface area contributed by atoms with Gasteiger partial charge in [-0.2, -0.15) is 5.10 Å². The number of ether oxygens (including phenoxy) is 1. The summed E-state index contributed by atoms with van der Waals surface area (Å²) in [6.45, 7) is 1.47. The van der Waals surface area contributed by atoms with Crippen molar-refractivity contribution >= 4 is 55.6 Å². The maximum absolute atomic E-state index is 12.1. The second-order valence-corrected chi connectivity index (χ2v) is 8.24. The lowest BCUT2D eigenvalue weighted by Crippen LogP contribution is -2.30. The summed E-state index contributed by atoms with van der Waals surface area (Å²) >= 11 is 10.2. The maximum atomic E-state index is 12.1. The molecule has 0 saturated heterocycles. The highest BCUT2D eigenvalue weighted by Gasteiger charge is 2.18. The van der Waals surface area contributed by atoms with Crippen LogP contribution in [0.25, 0.3) is 10.4 Å². The predicted molar refractivity (Wildman–Crippen MR) is 120 cm³/mol. The molecular formula is C19H19BrN4O2S2. The van der Waals surface area contributed by atoms with Crippen LogP contribution in [0.4, 0.5) is 5.00 Å². The summed E-state index contributed by atoms with van der Waals surface area (Å²) < 4.78 is 7.73. The number of halogens is 1. The van der Waals surface area contributed by atoms with Gasteiger partial charge in [-0.25, -0.2) is 4.79 Å². The molecule has 146 valence electrons. The molecule has 2 aromatic heterocycles. The van der Waals surface area contributed by atoms with Crippen molar-refractivity contribution < 1.29 is 9.53 Å². The van der Waals surface area contributed by atoms with Crippen LogP contribution in [0.3, 0.4) is 0 Å². The van der Waals surface area contributed by atoms with E-state index in [9.17, 15) is 4.79 Å². The fraction of sp³-hybridized carbons (Fsp3) is 0.211. The van der Waals surface area contributed by atoms with Crippen molar-refractivity contribution in [2.24, 2.45) is 0 Å². The van der Waals surface area contributed by atoms with Crippen LogP contribution in [-0.4, -0.2) is 34.5 Å². The number of carbonyl (C=O) groups excluding carboxylic acids is 1. The van der Waals surface area contributed by atoms with Gasteiger partial charge in [0, 0.05) is 24.2 Å². The maximum Gasteiger partial charge on any atom is 0.340 e. The normalized spacial score (nSPS) is 10.5. The van der Waals surface area contributed by atoms with Crippen molar-refractivity contribution in [3.63, 3.8) is 0 Å². The minimum Gasteiger partial charge on any atom is -0.465 e. The number of hydrogen-bond donors (Lipinski definition) is 2. The standard InChI is InChI=1S/C19H19BrN4O2S2/c1-26-18(25)15-10-16(13-6-3-2-4-7-13)28-17(15)23-19(27)21-8-5-9-24-12-14(20)11-22-24/h2-4,6-7,10-12H,5,8-9H2,1H3,(H2,21,23,27). The van der Waals surface area contributed by atoms with Crippen molar-refractivity contribution in [2.45, 2.75) is 13.0 Å². The van der Waals surface area contributed by atoms with Crippen LogP contribution in [0, 0.1) is 0 Å². The Morgan fingerprint density at radius 1 is 1.36 bits per heavy atom. The zero-order valence-corrected chi connectivity index (χ0v) is 18.4. The molecule has 0 fully saturated rings. The van der Waals surface area contributed by atoms with Crippen LogP contribution < -0.4 is 10.6 Å². The summed E-state index contributed by atoms with van der Waals surface area (Å²) in [4.78, 5) is 13.1. The van der Waals surface area contributed by atoms with E-state index in [-0.39, 0.29) is 0 Å². The molecule has 0 unspecified atom stereocenters. The number of carbonyl (C=O) groups is 1. The van der Waals surface area contributed by atoms with Crippen molar-refractivity contribution in [2.75, 3.05) is 19.0 Å². The molecule has 6 nitrogen and oxygen atoms in total. The number of anilines is 1. The third kappa shape index (κ3) is 5.40. The first kappa shape index (κ1) is 20.5. The molecule has 0 amide bonds. The molecule has 0 atom stereocenters. The Hall–Kier alpha value is -2.23. The highest BCUT2D eigenvalue weighted by Crippen LogP contribution is 2.35. The summed E-state index contributed by atoms with van der Waals surface area (Å²) in [5.74, 6) is -0.395. The van der Waals surface area contributed by atoms with Crippen LogP contribution in [0.15, 0.2) is 53.3 Å². The van der Waals surface area contributed by atoms with Gasteiger partial charge in [-0.3, -0.25) is 4.68 Å². The number of thiophene rings is 1. The Bertz CT molecular complexity index is 956. The van der Waals surface area contributed by atoms with Gasteiger partial charge in [0.15, 0.2) is 5.11 Å². The average molecular weight is 479 g/mol. The molecule has 3 rings (SSSR count). The SMILES string of the molecule is COC(=O)c1cc(-c2ccccc2)sc1NC(=S)NCCCn1cc(Br)cn1. The van der Waals surface area contributed by atoms with E-state index in [0.717, 1.165) is 27.9 Å². The fourth-order valence-electron chi connectivity index (χ4n) is 2.54. The van der Waals surface area contributed by atoms with Crippen LogP contribution in [0.5, 0.6) is 0 Å². The van der Waals surface area contributed by atoms with E-state index in [4.69, 9.17) is 17.0 Å². The van der Waals surface area contributed by atoms with Gasteiger partial charge >= 0.3 is 5.97 Å². The Morgan fingerprint density at radius 3 is 2.82 bits per heavy atom. The highest BCUT2D eigenvalue weighted by molar-refractivity contribution is 9.10. The van der Waals surface area contributed by atoms with Gasteiger partial charge in [0.05, 0.1) is 23.3 Å². The van der Waals surface area contributed by atoms with Crippen LogP contribution >= 0.6 is 39.5 Å². The summed E-state index contributed by atoms with van der Waals surface area (Å²) in [5, 5.41) is 11.6. The topological polar surface area (TPSA) is 68.2 Å². The largest absolute Gasteiger partial charge is 0.465 e. The summed E-state index contributed by atoms with van der Waals surface area (Å²) in [6.07, 6.45) is 4.55. The number of hydrogen-bond acceptors (Lipinski definition) is 5. The molecule has 0 spiro atoms. The Kier molecular flexibility index (Phi) is 7.18. The van der Waals surface area contributed by atoms with Gasteiger partial charge in [-0.1, -0.05) is 30.3 Å². The van der Waals surface area contributed by atoms with Gasteiger partial charge in [0.1, 0.15) is 5.00 Å². The van der Waals surface area contributed by atoms with Gasteiger partial charge in [0.25, 0.3) is 0 Å². The van der Waals surface area contributed by atoms with Gasteiger partial charge in [-0.05, 0) is 46.2 Å². The third-order valence-corrected chi connectivity index (χ3v) is 5.63. The minimum atomic E-state index is -0.395. The molecule has 2 heterocycles. The summed E-state index contributed by atoms with van der Waals surface area (Å²) in [5.41, 5.74) is 1.51. The summed E-state index contributed by atoms with van der Waals surface area (Å²) in [7, 11) is 1.37. The van der Waals surface area contributed by atoms with Crippen molar-refractivity contribution in [3.8, 4) is 10.4 Å². The molecule has 0 radical (unpaired) electrons. The highest BCUT2D eigenvalue weighted by atomic mass is 79.9. The van der Waals surface area contributed by atoms with Gasteiger partial charge < -0.3 is 15.4 Å². The first-order chi connectivity index (χ1) is 13.6. The smallest absolute Gasteiger partial charge is 0.340 e. The molecule has 3 aromatic rings. The molecule has 0 bridgehead atoms. The van der Waals surface area contributed by atoms with E-state index in [1.807, 2.05) is 47.3 Å². The monoisotopic (exact) mass is 478 g/mol. The van der Waals surface area contributed by atoms with Crippen LogP contribution in [-0.2, 0) is 11.3 Å². The number of aromatic nitrogens is 2. The molecule has 2 N–H and O–H groups in total. The number of methoxy groups -OCH3 is 1. The van der Waals surface area contributed by atoms with E-state index in [1.165, 1.54) is 18.4 Å². The third-order valence-electron chi connectivity index (χ3n) is 3.87. The van der Waals surface area contributed by atoms with E-state index in [0.29, 0.717) is 22.2 Å². The molecular weight excluding hydrogens is 460 g/mol. The number of benzene rings is 1. The quantitative estimate of drug-likeness (QED) is 0.295. The molecule has 0 aliphatic rings. The number of thiocarbonyl (C=S) groups is 1. The average Bonchev–Trinajstić information content (AvgIpc) is 3.31. The Balaban J connectivity index is 1.60. The molecule has 0 saturated carbocycles. The van der Waals surface area contributed by atoms with E-state index >= 15 is 0 Å². The van der Waals surface area contributed by atoms with E-state index in [2.05, 4.69) is 31.7 Å². The van der Waals surface area contributed by atoms with E-state index in [1.54, 1.807) is 6.20 Å². The first-order valence-corrected chi connectivity index (χ1v) is 10.6. The zero-order chi connectivity index (χ0) is 19.9. The Labute approximate surface area is 181 Å². The zero-order valence-electron chi connectivity index (χ0n) is 15.1. The van der Waals surface area contributed by atoms with Gasteiger partial charge in [-0.15, -0.1) is 11.3 Å². The van der Waals surface area contributed by atoms with Gasteiger partial charge in [0.2, 0.25) is 0 Å². The fourth-order valence-corrected chi connectivity index (χ4v) is 4.19. The second kappa shape index (κ2) is 9.81. The molecule has 0 aliphatic carbocycles. The molecule has 28 heavy (non-hydrogen) atoms. The summed E-state index contributed by atoms with van der Waals surface area (Å²) in [6, 6.07) is 11.7. The van der Waals surface area contributed by atoms with Crippen LogP contribution in [0.1, 0.15) is 16.8 Å². The Morgan fingerprint density at radius 2 is 2.14 bits per heavy atom. The van der Waals surface area contributed by atoms with Crippen molar-refractivity contribution in [3.05, 3.63) is 58.8 Å². The van der Waals surface area contributed by atoms with Crippen LogP contribution in [0.2, 0.25) is 0 Å². The first-order valence-electron chi connectivity index (χ1n) is 8.57. The minimum absolute atomic E-state index is 0.395. The lowest BCUT2D eigenvalue weighted by Gasteiger charge is -2.10.